The Balaban J connectivity index is 1.70. The van der Waals surface area contributed by atoms with Gasteiger partial charge in [0.05, 0.1) is 6.54 Å². The lowest BCUT2D eigenvalue weighted by Gasteiger charge is -2.18. The fourth-order valence-corrected chi connectivity index (χ4v) is 2.20. The lowest BCUT2D eigenvalue weighted by atomic mass is 10.2. The van der Waals surface area contributed by atoms with Crippen LogP contribution >= 0.6 is 0 Å². The first-order chi connectivity index (χ1) is 9.35. The molecule has 8 heteroatoms. The quantitative estimate of drug-likeness (QED) is 0.739. The van der Waals surface area contributed by atoms with Gasteiger partial charge in [-0.1, -0.05) is 0 Å². The van der Waals surface area contributed by atoms with Crippen molar-refractivity contribution in [2.45, 2.75) is 31.5 Å². The molecule has 20 heavy (non-hydrogen) atoms. The number of nitrogens with one attached hydrogen (secondary N) is 2. The smallest absolute Gasteiger partial charge is 0.343 e. The minimum Gasteiger partial charge on any atom is -0.343 e. The average Bonchev–Trinajstić information content (AvgIpc) is 3.09. The van der Waals surface area contributed by atoms with Crippen LogP contribution < -0.4 is 10.6 Å². The summed E-state index contributed by atoms with van der Waals surface area (Å²) in [5.74, 6) is -0.367. The molecular weight excluding hydrogens is 275 g/mol. The molecule has 5 nitrogen and oxygen atoms in total. The van der Waals surface area contributed by atoms with Crippen LogP contribution in [-0.2, 0) is 9.59 Å². The summed E-state index contributed by atoms with van der Waals surface area (Å²) < 4.78 is 36.7. The first-order valence-electron chi connectivity index (χ1n) is 6.71. The Bertz CT molecular complexity index is 383. The molecule has 0 aromatic carbocycles. The van der Waals surface area contributed by atoms with Gasteiger partial charge in [0.1, 0.15) is 12.6 Å². The molecule has 1 unspecified atom stereocenters. The molecular formula is C12H18F3N3O2. The van der Waals surface area contributed by atoms with E-state index in [1.165, 1.54) is 12.8 Å². The maximum atomic E-state index is 12.2. The summed E-state index contributed by atoms with van der Waals surface area (Å²) in [7, 11) is 0. The summed E-state index contributed by atoms with van der Waals surface area (Å²) in [6.45, 7) is -0.358. The topological polar surface area (TPSA) is 61.4 Å². The molecule has 2 rings (SSSR count). The maximum absolute atomic E-state index is 12.2. The number of carbonyl (C=O) groups excluding carboxylic acids is 2. The normalized spacial score (nSPS) is 23.2. The molecule has 2 fully saturated rings. The molecule has 1 saturated carbocycles. The van der Waals surface area contributed by atoms with Gasteiger partial charge in [-0.3, -0.25) is 9.59 Å². The van der Waals surface area contributed by atoms with Gasteiger partial charge in [0.25, 0.3) is 0 Å². The lowest BCUT2D eigenvalue weighted by molar-refractivity contribution is -0.158. The van der Waals surface area contributed by atoms with E-state index in [4.69, 9.17) is 0 Å². The van der Waals surface area contributed by atoms with Gasteiger partial charge in [0, 0.05) is 6.54 Å². The molecule has 1 saturated heterocycles. The van der Waals surface area contributed by atoms with Crippen LogP contribution in [0.5, 0.6) is 0 Å². The highest BCUT2D eigenvalue weighted by atomic mass is 19.4. The van der Waals surface area contributed by atoms with Crippen molar-refractivity contribution in [3.8, 4) is 0 Å². The van der Waals surface area contributed by atoms with Crippen LogP contribution in [0.1, 0.15) is 19.3 Å². The molecule has 1 aliphatic heterocycles. The molecule has 0 aromatic rings. The predicted octanol–water partition coefficient (Wildman–Crippen LogP) is 0.265. The Morgan fingerprint density at radius 2 is 2.00 bits per heavy atom. The molecule has 1 aliphatic carbocycles. The van der Waals surface area contributed by atoms with Gasteiger partial charge >= 0.3 is 6.18 Å². The van der Waals surface area contributed by atoms with Crippen molar-refractivity contribution in [3.05, 3.63) is 0 Å². The van der Waals surface area contributed by atoms with Crippen molar-refractivity contribution in [1.82, 2.24) is 15.5 Å². The molecule has 1 heterocycles. The number of nitrogens with zero attached hydrogens (tertiary/aromatic N) is 1. The third-order valence-electron chi connectivity index (χ3n) is 3.42. The van der Waals surface area contributed by atoms with E-state index in [1.54, 1.807) is 0 Å². The number of halogens is 3. The fourth-order valence-electron chi connectivity index (χ4n) is 2.20. The highest BCUT2D eigenvalue weighted by Gasteiger charge is 2.39. The minimum atomic E-state index is -4.40. The standard InChI is InChI=1S/C12H18F3N3O2/c13-12(14,15)7-18-4-3-9(11(18)20)17-10(19)6-16-5-8-1-2-8/h8-9,16H,1-7H2,(H,17,19). The number of carbonyl (C=O) groups is 2. The lowest BCUT2D eigenvalue weighted by Crippen LogP contribution is -2.46. The first-order valence-corrected chi connectivity index (χ1v) is 6.71. The van der Waals surface area contributed by atoms with E-state index < -0.39 is 24.7 Å². The summed E-state index contributed by atoms with van der Waals surface area (Å²) in [5.41, 5.74) is 0. The molecule has 0 aromatic heterocycles. The van der Waals surface area contributed by atoms with E-state index in [0.29, 0.717) is 5.92 Å². The van der Waals surface area contributed by atoms with Gasteiger partial charge < -0.3 is 15.5 Å². The largest absolute Gasteiger partial charge is 0.406 e. The number of amides is 2. The first kappa shape index (κ1) is 15.1. The monoisotopic (exact) mass is 293 g/mol. The number of rotatable bonds is 6. The second kappa shape index (κ2) is 5.99. The van der Waals surface area contributed by atoms with Crippen LogP contribution in [0, 0.1) is 5.92 Å². The zero-order chi connectivity index (χ0) is 14.8. The van der Waals surface area contributed by atoms with Gasteiger partial charge in [-0.15, -0.1) is 0 Å². The average molecular weight is 293 g/mol. The number of alkyl halides is 3. The fraction of sp³-hybridized carbons (Fsp3) is 0.833. The van der Waals surface area contributed by atoms with Gasteiger partial charge in [0.2, 0.25) is 11.8 Å². The molecule has 114 valence electrons. The van der Waals surface area contributed by atoms with E-state index in [-0.39, 0.29) is 25.4 Å². The van der Waals surface area contributed by atoms with Crippen molar-refractivity contribution >= 4 is 11.8 Å². The Morgan fingerprint density at radius 1 is 1.30 bits per heavy atom. The second-order valence-corrected chi connectivity index (χ2v) is 5.36. The Hall–Kier alpha value is -1.31. The van der Waals surface area contributed by atoms with E-state index in [0.717, 1.165) is 11.4 Å². The van der Waals surface area contributed by atoms with E-state index >= 15 is 0 Å². The second-order valence-electron chi connectivity index (χ2n) is 5.36. The SMILES string of the molecule is O=C(CNCC1CC1)NC1CCN(CC(F)(F)F)C1=O. The molecule has 2 aliphatic rings. The van der Waals surface area contributed by atoms with Crippen LogP contribution in [0.3, 0.4) is 0 Å². The summed E-state index contributed by atoms with van der Waals surface area (Å²) in [5, 5.41) is 5.45. The summed E-state index contributed by atoms with van der Waals surface area (Å²) in [6.07, 6.45) is -1.84. The zero-order valence-electron chi connectivity index (χ0n) is 11.0. The van der Waals surface area contributed by atoms with E-state index in [1.807, 2.05) is 0 Å². The van der Waals surface area contributed by atoms with Crippen LogP contribution in [0.25, 0.3) is 0 Å². The third-order valence-corrected chi connectivity index (χ3v) is 3.42. The third kappa shape index (κ3) is 4.66. The number of hydrogen-bond donors (Lipinski definition) is 2. The highest BCUT2D eigenvalue weighted by Crippen LogP contribution is 2.27. The van der Waals surface area contributed by atoms with Crippen molar-refractivity contribution in [1.29, 1.82) is 0 Å². The highest BCUT2D eigenvalue weighted by molar-refractivity contribution is 5.89. The molecule has 1 atom stereocenters. The molecule has 2 N–H and O–H groups in total. The molecule has 2 amide bonds. The summed E-state index contributed by atoms with van der Waals surface area (Å²) >= 11 is 0. The van der Waals surface area contributed by atoms with Gasteiger partial charge in [-0.05, 0) is 31.7 Å². The van der Waals surface area contributed by atoms with Crippen LogP contribution in [-0.4, -0.2) is 55.1 Å². The summed E-state index contributed by atoms with van der Waals surface area (Å²) in [6, 6.07) is -0.826. The zero-order valence-corrected chi connectivity index (χ0v) is 11.0. The Kier molecular flexibility index (Phi) is 4.52. The Morgan fingerprint density at radius 3 is 2.60 bits per heavy atom. The molecule has 0 spiro atoms. The molecule has 0 radical (unpaired) electrons. The summed E-state index contributed by atoms with van der Waals surface area (Å²) in [4.78, 5) is 24.0. The van der Waals surface area contributed by atoms with Crippen molar-refractivity contribution in [2.24, 2.45) is 5.92 Å². The molecule has 0 bridgehead atoms. The Labute approximate surface area is 114 Å². The number of likely N-dealkylation sites (tertiary alicyclic amines) is 1. The minimum absolute atomic E-state index is 0.0266. The van der Waals surface area contributed by atoms with Crippen molar-refractivity contribution in [2.75, 3.05) is 26.2 Å². The van der Waals surface area contributed by atoms with Crippen LogP contribution in [0.2, 0.25) is 0 Å². The van der Waals surface area contributed by atoms with Gasteiger partial charge in [0.15, 0.2) is 0 Å². The maximum Gasteiger partial charge on any atom is 0.406 e. The van der Waals surface area contributed by atoms with Crippen molar-refractivity contribution < 1.29 is 22.8 Å². The predicted molar refractivity (Wildman–Crippen MR) is 64.8 cm³/mol. The van der Waals surface area contributed by atoms with E-state index in [9.17, 15) is 22.8 Å². The van der Waals surface area contributed by atoms with Crippen LogP contribution in [0.4, 0.5) is 13.2 Å². The van der Waals surface area contributed by atoms with Crippen LogP contribution in [0.15, 0.2) is 0 Å². The van der Waals surface area contributed by atoms with Gasteiger partial charge in [-0.25, -0.2) is 0 Å². The van der Waals surface area contributed by atoms with Gasteiger partial charge in [-0.2, -0.15) is 13.2 Å². The van der Waals surface area contributed by atoms with Crippen molar-refractivity contribution in [3.63, 3.8) is 0 Å². The number of hydrogen-bond acceptors (Lipinski definition) is 3. The van der Waals surface area contributed by atoms with E-state index in [2.05, 4.69) is 10.6 Å².